The number of unbranched alkanes of at least 4 members (excludes halogenated alkanes) is 9. The molecule has 2 aliphatic heterocycles. The van der Waals surface area contributed by atoms with Crippen LogP contribution in [0.1, 0.15) is 71.1 Å². The lowest BCUT2D eigenvalue weighted by Crippen LogP contribution is -2.64. The molecule has 0 aromatic heterocycles. The third-order valence-corrected chi connectivity index (χ3v) is 7.11. The van der Waals surface area contributed by atoms with E-state index in [9.17, 15) is 35.7 Å². The van der Waals surface area contributed by atoms with E-state index in [0.29, 0.717) is 6.61 Å². The summed E-state index contributed by atoms with van der Waals surface area (Å²) in [4.78, 5) is 0. The molecule has 7 N–H and O–H groups in total. The highest BCUT2D eigenvalue weighted by molar-refractivity contribution is 4.94. The highest BCUT2D eigenvalue weighted by atomic mass is 16.7. The molecule has 0 unspecified atom stereocenters. The zero-order valence-corrected chi connectivity index (χ0v) is 22.6. The summed E-state index contributed by atoms with van der Waals surface area (Å²) in [5, 5.41) is 70.2. The van der Waals surface area contributed by atoms with Gasteiger partial charge >= 0.3 is 0 Å². The number of ether oxygens (including phenoxy) is 5. The van der Waals surface area contributed by atoms with Crippen LogP contribution in [0, 0.1) is 0 Å². The first-order chi connectivity index (χ1) is 18.3. The van der Waals surface area contributed by atoms with Crippen molar-refractivity contribution in [2.45, 2.75) is 133 Å². The molecule has 0 aliphatic carbocycles. The van der Waals surface area contributed by atoms with Gasteiger partial charge in [-0.15, -0.1) is 0 Å². The van der Waals surface area contributed by atoms with Crippen LogP contribution in [0.15, 0.2) is 0 Å². The van der Waals surface area contributed by atoms with Crippen LogP contribution in [-0.4, -0.2) is 130 Å². The predicted octanol–water partition coefficient (Wildman–Crippen LogP) is -0.435. The summed E-state index contributed by atoms with van der Waals surface area (Å²) < 4.78 is 27.5. The van der Waals surface area contributed by atoms with Gasteiger partial charge in [-0.3, -0.25) is 0 Å². The van der Waals surface area contributed by atoms with E-state index in [4.69, 9.17) is 23.7 Å². The summed E-state index contributed by atoms with van der Waals surface area (Å²) in [5.74, 6) is 0. The van der Waals surface area contributed by atoms with Gasteiger partial charge in [-0.05, 0) is 6.42 Å². The van der Waals surface area contributed by atoms with Crippen LogP contribution in [0.4, 0.5) is 0 Å². The second-order valence-corrected chi connectivity index (χ2v) is 10.2. The van der Waals surface area contributed by atoms with Gasteiger partial charge in [0.25, 0.3) is 0 Å². The smallest absolute Gasteiger partial charge is 0.187 e. The second-order valence-electron chi connectivity index (χ2n) is 10.2. The van der Waals surface area contributed by atoms with Crippen molar-refractivity contribution in [2.24, 2.45) is 0 Å². The number of rotatable bonds is 19. The van der Waals surface area contributed by atoms with E-state index in [1.165, 1.54) is 51.4 Å². The van der Waals surface area contributed by atoms with Gasteiger partial charge in [0, 0.05) is 6.61 Å². The summed E-state index contributed by atoms with van der Waals surface area (Å²) in [7, 11) is 0. The van der Waals surface area contributed by atoms with Crippen LogP contribution in [0.25, 0.3) is 0 Å². The van der Waals surface area contributed by atoms with Crippen LogP contribution >= 0.6 is 0 Å². The Morgan fingerprint density at radius 1 is 0.553 bits per heavy atom. The summed E-state index contributed by atoms with van der Waals surface area (Å²) in [6.45, 7) is 1.93. The molecule has 12 nitrogen and oxygen atoms in total. The molecule has 10 atom stereocenters. The lowest BCUT2D eigenvalue weighted by Gasteiger charge is -2.45. The monoisotopic (exact) mass is 554 g/mol. The molecule has 0 aromatic rings. The first-order valence-electron chi connectivity index (χ1n) is 14.1. The molecule has 2 saturated heterocycles. The minimum absolute atomic E-state index is 0.0998. The highest BCUT2D eigenvalue weighted by Gasteiger charge is 2.50. The molecule has 0 aromatic carbocycles. The van der Waals surface area contributed by atoms with E-state index in [0.717, 1.165) is 12.8 Å². The molecule has 2 fully saturated rings. The fraction of sp³-hybridized carbons (Fsp3) is 1.00. The van der Waals surface area contributed by atoms with Crippen molar-refractivity contribution in [2.75, 3.05) is 33.0 Å². The lowest BCUT2D eigenvalue weighted by molar-refractivity contribution is -0.359. The van der Waals surface area contributed by atoms with Gasteiger partial charge in [0.15, 0.2) is 12.6 Å². The van der Waals surface area contributed by atoms with Gasteiger partial charge in [0.05, 0.1) is 26.4 Å². The summed E-state index contributed by atoms with van der Waals surface area (Å²) >= 11 is 0. The molecule has 0 amide bonds. The maximum atomic E-state index is 10.6. The molecule has 12 heteroatoms. The Morgan fingerprint density at radius 3 is 1.71 bits per heavy atom. The predicted molar refractivity (Wildman–Crippen MR) is 135 cm³/mol. The molecule has 0 radical (unpaired) electrons. The molecule has 2 aliphatic rings. The van der Waals surface area contributed by atoms with Crippen LogP contribution in [-0.2, 0) is 23.7 Å². The van der Waals surface area contributed by atoms with Crippen molar-refractivity contribution < 1.29 is 59.4 Å². The van der Waals surface area contributed by atoms with Crippen LogP contribution in [0.3, 0.4) is 0 Å². The third-order valence-electron chi connectivity index (χ3n) is 7.11. The van der Waals surface area contributed by atoms with E-state index >= 15 is 0 Å². The largest absolute Gasteiger partial charge is 0.394 e. The molecule has 226 valence electrons. The van der Waals surface area contributed by atoms with Crippen molar-refractivity contribution in [3.05, 3.63) is 0 Å². The molecule has 0 bridgehead atoms. The van der Waals surface area contributed by atoms with Crippen molar-refractivity contribution in [3.8, 4) is 0 Å². The molecule has 0 saturated carbocycles. The quantitative estimate of drug-likeness (QED) is 0.102. The van der Waals surface area contributed by atoms with Gasteiger partial charge in [0.1, 0.15) is 48.8 Å². The van der Waals surface area contributed by atoms with E-state index < -0.39 is 74.6 Å². The Balaban J connectivity index is 1.64. The van der Waals surface area contributed by atoms with Gasteiger partial charge < -0.3 is 59.4 Å². The highest BCUT2D eigenvalue weighted by Crippen LogP contribution is 2.29. The second kappa shape index (κ2) is 18.8. The Labute approximate surface area is 225 Å². The Hall–Kier alpha value is -0.480. The molecule has 0 spiro atoms. The van der Waals surface area contributed by atoms with Crippen molar-refractivity contribution in [1.82, 2.24) is 0 Å². The first-order valence-corrected chi connectivity index (χ1v) is 14.1. The zero-order chi connectivity index (χ0) is 27.9. The van der Waals surface area contributed by atoms with Gasteiger partial charge in [-0.2, -0.15) is 0 Å². The van der Waals surface area contributed by atoms with Crippen molar-refractivity contribution in [3.63, 3.8) is 0 Å². The maximum absolute atomic E-state index is 10.6. The average molecular weight is 555 g/mol. The maximum Gasteiger partial charge on any atom is 0.187 e. The SMILES string of the molecule is CCCCCCCCCCCCOCCO[C@H]1O[C@H](CO)[C@@H](O[C@@H]2O[C@H](CO)[C@@H](O)[C@H](O)[C@H]2O)[C@H](O)[C@H]1O. The fourth-order valence-corrected chi connectivity index (χ4v) is 4.71. The van der Waals surface area contributed by atoms with E-state index in [-0.39, 0.29) is 13.2 Å². The van der Waals surface area contributed by atoms with E-state index in [2.05, 4.69) is 6.92 Å². The van der Waals surface area contributed by atoms with Crippen LogP contribution in [0.5, 0.6) is 0 Å². The van der Waals surface area contributed by atoms with Crippen LogP contribution in [0.2, 0.25) is 0 Å². The summed E-state index contributed by atoms with van der Waals surface area (Å²) in [5.41, 5.74) is 0. The molecule has 38 heavy (non-hydrogen) atoms. The molecular formula is C26H50O12. The Kier molecular flexibility index (Phi) is 16.7. The average Bonchev–Trinajstić information content (AvgIpc) is 2.92. The number of aliphatic hydroxyl groups excluding tert-OH is 7. The van der Waals surface area contributed by atoms with Crippen molar-refractivity contribution >= 4 is 0 Å². The van der Waals surface area contributed by atoms with Gasteiger partial charge in [-0.1, -0.05) is 64.7 Å². The Bertz CT molecular complexity index is 595. The zero-order valence-electron chi connectivity index (χ0n) is 22.6. The minimum atomic E-state index is -1.71. The topological polar surface area (TPSA) is 188 Å². The van der Waals surface area contributed by atoms with Crippen LogP contribution < -0.4 is 0 Å². The van der Waals surface area contributed by atoms with E-state index in [1.807, 2.05) is 0 Å². The first kappa shape index (κ1) is 33.7. The molecule has 2 rings (SSSR count). The molecular weight excluding hydrogens is 504 g/mol. The van der Waals surface area contributed by atoms with Crippen molar-refractivity contribution in [1.29, 1.82) is 0 Å². The minimum Gasteiger partial charge on any atom is -0.394 e. The number of aliphatic hydroxyl groups is 7. The number of hydrogen-bond acceptors (Lipinski definition) is 12. The normalized spacial score (nSPS) is 36.0. The fourth-order valence-electron chi connectivity index (χ4n) is 4.71. The summed E-state index contributed by atoms with van der Waals surface area (Å²) in [6.07, 6.45) is -2.25. The van der Waals surface area contributed by atoms with Gasteiger partial charge in [-0.25, -0.2) is 0 Å². The van der Waals surface area contributed by atoms with E-state index in [1.54, 1.807) is 0 Å². The third kappa shape index (κ3) is 10.5. The van der Waals surface area contributed by atoms with Gasteiger partial charge in [0.2, 0.25) is 0 Å². The Morgan fingerprint density at radius 2 is 1.11 bits per heavy atom. The summed E-state index contributed by atoms with van der Waals surface area (Å²) in [6, 6.07) is 0. The molecule has 2 heterocycles. The lowest BCUT2D eigenvalue weighted by atomic mass is 9.97. The standard InChI is InChI=1S/C26H50O12/c1-2-3-4-5-6-7-8-9-10-11-12-34-13-14-35-25-23(33)21(31)24(18(16-28)37-25)38-26-22(32)20(30)19(29)17(15-27)36-26/h17-33H,2-16H2,1H3/t17-,18-,19-,20+,21-,22-,23-,24-,25+,26+/m1/s1. The number of hydrogen-bond donors (Lipinski definition) is 7.